The Bertz CT molecular complexity index is 1170. The van der Waals surface area contributed by atoms with Gasteiger partial charge in [0.15, 0.2) is 0 Å². The summed E-state index contributed by atoms with van der Waals surface area (Å²) in [4.78, 5) is 0.163. The van der Waals surface area contributed by atoms with Gasteiger partial charge in [0.05, 0.1) is 23.6 Å². The first-order valence-corrected chi connectivity index (χ1v) is 11.6. The second kappa shape index (κ2) is 9.97. The summed E-state index contributed by atoms with van der Waals surface area (Å²) < 4.78 is 33.9. The molecule has 5 nitrogen and oxygen atoms in total. The zero-order chi connectivity index (χ0) is 22.4. The van der Waals surface area contributed by atoms with Crippen LogP contribution in [0, 0.1) is 11.3 Å². The van der Waals surface area contributed by atoms with E-state index in [9.17, 15) is 13.7 Å². The standard InChI is InChI=1S/C24H23ClN2O3S/c1-17(27-31(28,29)23-12-10-22(30-2)11-13-23)24(15-18-6-8-21(25)9-7-18)20-5-3-4-19(14-20)16-26/h3-14,17,24,27H,15H2,1-2H3/t17-,24+/m0/s1. The zero-order valence-corrected chi connectivity index (χ0v) is 18.8. The molecule has 0 fully saturated rings. The number of nitriles is 1. The van der Waals surface area contributed by atoms with Gasteiger partial charge in [-0.25, -0.2) is 13.1 Å². The Morgan fingerprint density at radius 2 is 1.74 bits per heavy atom. The van der Waals surface area contributed by atoms with Crippen molar-refractivity contribution in [3.63, 3.8) is 0 Å². The lowest BCUT2D eigenvalue weighted by molar-refractivity contribution is 0.414. The smallest absolute Gasteiger partial charge is 0.240 e. The van der Waals surface area contributed by atoms with Gasteiger partial charge in [-0.1, -0.05) is 35.9 Å². The third kappa shape index (κ3) is 5.86. The normalized spacial score (nSPS) is 13.2. The largest absolute Gasteiger partial charge is 0.497 e. The van der Waals surface area contributed by atoms with Crippen LogP contribution in [0.25, 0.3) is 0 Å². The number of halogens is 1. The fourth-order valence-electron chi connectivity index (χ4n) is 3.45. The van der Waals surface area contributed by atoms with E-state index in [1.54, 1.807) is 24.3 Å². The molecule has 0 saturated heterocycles. The number of rotatable bonds is 8. The first-order chi connectivity index (χ1) is 14.8. The van der Waals surface area contributed by atoms with Gasteiger partial charge in [0.2, 0.25) is 10.0 Å². The van der Waals surface area contributed by atoms with E-state index < -0.39 is 16.1 Å². The maximum absolute atomic E-state index is 13.0. The molecule has 0 spiro atoms. The quantitative estimate of drug-likeness (QED) is 0.524. The van der Waals surface area contributed by atoms with E-state index in [-0.39, 0.29) is 10.8 Å². The van der Waals surface area contributed by atoms with Crippen LogP contribution in [0.3, 0.4) is 0 Å². The monoisotopic (exact) mass is 454 g/mol. The SMILES string of the molecule is COc1ccc(S(=O)(=O)N[C@@H](C)[C@@H](Cc2ccc(Cl)cc2)c2cccc(C#N)c2)cc1. The number of hydrogen-bond donors (Lipinski definition) is 1. The van der Waals surface area contributed by atoms with Crippen LogP contribution in [-0.4, -0.2) is 21.6 Å². The maximum atomic E-state index is 13.0. The van der Waals surface area contributed by atoms with Crippen LogP contribution in [0.1, 0.15) is 29.5 Å². The Kier molecular flexibility index (Phi) is 7.34. The Morgan fingerprint density at radius 3 is 2.35 bits per heavy atom. The minimum atomic E-state index is -3.74. The highest BCUT2D eigenvalue weighted by molar-refractivity contribution is 7.89. The average Bonchev–Trinajstić information content (AvgIpc) is 2.78. The number of ether oxygens (including phenoxy) is 1. The molecule has 0 radical (unpaired) electrons. The first kappa shape index (κ1) is 22.8. The van der Waals surface area contributed by atoms with E-state index in [1.807, 2.05) is 43.3 Å². The fourth-order valence-corrected chi connectivity index (χ4v) is 4.86. The van der Waals surface area contributed by atoms with Gasteiger partial charge in [-0.15, -0.1) is 0 Å². The summed E-state index contributed by atoms with van der Waals surface area (Å²) in [6.07, 6.45) is 0.582. The molecule has 0 aliphatic rings. The summed E-state index contributed by atoms with van der Waals surface area (Å²) in [5, 5.41) is 9.93. The van der Waals surface area contributed by atoms with Crippen molar-refractivity contribution in [3.05, 3.63) is 94.5 Å². The molecule has 31 heavy (non-hydrogen) atoms. The van der Waals surface area contributed by atoms with Crippen molar-refractivity contribution in [2.24, 2.45) is 0 Å². The minimum Gasteiger partial charge on any atom is -0.497 e. The van der Waals surface area contributed by atoms with Crippen LogP contribution in [0.2, 0.25) is 5.02 Å². The number of nitrogens with one attached hydrogen (secondary N) is 1. The highest BCUT2D eigenvalue weighted by atomic mass is 35.5. The summed E-state index contributed by atoms with van der Waals surface area (Å²) in [7, 11) is -2.22. The molecule has 7 heteroatoms. The molecule has 0 aromatic heterocycles. The predicted molar refractivity (Wildman–Crippen MR) is 122 cm³/mol. The Balaban J connectivity index is 1.91. The molecule has 3 rings (SSSR count). The van der Waals surface area contributed by atoms with Crippen molar-refractivity contribution < 1.29 is 13.2 Å². The average molecular weight is 455 g/mol. The van der Waals surface area contributed by atoms with Gasteiger partial charge in [-0.05, 0) is 73.0 Å². The van der Waals surface area contributed by atoms with E-state index in [1.165, 1.54) is 19.2 Å². The molecule has 3 aromatic carbocycles. The second-order valence-corrected chi connectivity index (χ2v) is 9.41. The van der Waals surface area contributed by atoms with Gasteiger partial charge in [0, 0.05) is 17.0 Å². The van der Waals surface area contributed by atoms with Crippen molar-refractivity contribution in [2.45, 2.75) is 30.2 Å². The topological polar surface area (TPSA) is 79.2 Å². The van der Waals surface area contributed by atoms with Crippen LogP contribution in [-0.2, 0) is 16.4 Å². The summed E-state index contributed by atoms with van der Waals surface area (Å²) in [5.41, 5.74) is 2.44. The molecule has 0 saturated carbocycles. The molecule has 3 aromatic rings. The van der Waals surface area contributed by atoms with Crippen molar-refractivity contribution >= 4 is 21.6 Å². The van der Waals surface area contributed by atoms with Gasteiger partial charge in [0.25, 0.3) is 0 Å². The van der Waals surface area contributed by atoms with E-state index >= 15 is 0 Å². The highest BCUT2D eigenvalue weighted by Crippen LogP contribution is 2.27. The minimum absolute atomic E-state index is 0.163. The van der Waals surface area contributed by atoms with E-state index in [2.05, 4.69) is 10.8 Å². The Hall–Kier alpha value is -2.85. The molecule has 0 heterocycles. The molecule has 1 N–H and O–H groups in total. The third-order valence-corrected chi connectivity index (χ3v) is 6.95. The van der Waals surface area contributed by atoms with Crippen molar-refractivity contribution in [3.8, 4) is 11.8 Å². The predicted octanol–water partition coefficient (Wildman–Crippen LogP) is 4.91. The highest BCUT2D eigenvalue weighted by Gasteiger charge is 2.26. The number of sulfonamides is 1. The van der Waals surface area contributed by atoms with E-state index in [0.717, 1.165) is 11.1 Å². The number of nitrogens with zero attached hydrogens (tertiary/aromatic N) is 1. The lowest BCUT2D eigenvalue weighted by atomic mass is 9.86. The Morgan fingerprint density at radius 1 is 1.06 bits per heavy atom. The molecule has 0 amide bonds. The van der Waals surface area contributed by atoms with E-state index in [4.69, 9.17) is 16.3 Å². The van der Waals surface area contributed by atoms with Crippen molar-refractivity contribution in [1.82, 2.24) is 4.72 Å². The molecule has 0 unspecified atom stereocenters. The van der Waals surface area contributed by atoms with Gasteiger partial charge in [-0.2, -0.15) is 5.26 Å². The molecular weight excluding hydrogens is 432 g/mol. The molecule has 0 bridgehead atoms. The summed E-state index contributed by atoms with van der Waals surface area (Å²) in [6.45, 7) is 1.83. The number of methoxy groups -OCH3 is 1. The number of hydrogen-bond acceptors (Lipinski definition) is 4. The van der Waals surface area contributed by atoms with Crippen molar-refractivity contribution in [1.29, 1.82) is 5.26 Å². The van der Waals surface area contributed by atoms with Gasteiger partial charge < -0.3 is 4.74 Å². The molecule has 2 atom stereocenters. The van der Waals surface area contributed by atoms with E-state index in [0.29, 0.717) is 22.8 Å². The second-order valence-electron chi connectivity index (χ2n) is 7.26. The van der Waals surface area contributed by atoms with Crippen LogP contribution in [0.15, 0.2) is 77.7 Å². The molecular formula is C24H23ClN2O3S. The maximum Gasteiger partial charge on any atom is 0.240 e. The number of benzene rings is 3. The van der Waals surface area contributed by atoms with Crippen LogP contribution < -0.4 is 9.46 Å². The Labute approximate surface area is 188 Å². The lowest BCUT2D eigenvalue weighted by Gasteiger charge is -2.26. The molecule has 160 valence electrons. The fraction of sp³-hybridized carbons (Fsp3) is 0.208. The van der Waals surface area contributed by atoms with Crippen LogP contribution >= 0.6 is 11.6 Å². The lowest BCUT2D eigenvalue weighted by Crippen LogP contribution is -2.37. The first-order valence-electron chi connectivity index (χ1n) is 9.73. The van der Waals surface area contributed by atoms with Crippen LogP contribution in [0.5, 0.6) is 5.75 Å². The summed E-state index contributed by atoms with van der Waals surface area (Å²) >= 11 is 6.01. The third-order valence-electron chi connectivity index (χ3n) is 5.13. The molecule has 0 aliphatic heterocycles. The van der Waals surface area contributed by atoms with Gasteiger partial charge in [0.1, 0.15) is 5.75 Å². The molecule has 0 aliphatic carbocycles. The zero-order valence-electron chi connectivity index (χ0n) is 17.2. The summed E-state index contributed by atoms with van der Waals surface area (Å²) in [6, 6.07) is 22.7. The van der Waals surface area contributed by atoms with Crippen LogP contribution in [0.4, 0.5) is 0 Å². The van der Waals surface area contributed by atoms with Gasteiger partial charge >= 0.3 is 0 Å². The summed E-state index contributed by atoms with van der Waals surface area (Å²) in [5.74, 6) is 0.392. The van der Waals surface area contributed by atoms with Gasteiger partial charge in [-0.3, -0.25) is 0 Å². The van der Waals surface area contributed by atoms with Crippen molar-refractivity contribution in [2.75, 3.05) is 7.11 Å².